The van der Waals surface area contributed by atoms with E-state index in [4.69, 9.17) is 5.26 Å². The van der Waals surface area contributed by atoms with E-state index >= 15 is 0 Å². The van der Waals surface area contributed by atoms with Crippen LogP contribution in [0.15, 0.2) is 30.5 Å². The zero-order valence-electron chi connectivity index (χ0n) is 8.02. The van der Waals surface area contributed by atoms with Crippen molar-refractivity contribution in [2.45, 2.75) is 0 Å². The fourth-order valence-corrected chi connectivity index (χ4v) is 2.72. The minimum Gasteiger partial charge on any atom is -0.303 e. The molecule has 0 spiro atoms. The SMILES string of the molecule is N#Cc1cc[c-]c2c1sc1cccnc12.[Ir]. The van der Waals surface area contributed by atoms with Gasteiger partial charge in [-0.15, -0.1) is 23.6 Å². The minimum atomic E-state index is 0. The van der Waals surface area contributed by atoms with Crippen LogP contribution < -0.4 is 0 Å². The third kappa shape index (κ3) is 1.54. The summed E-state index contributed by atoms with van der Waals surface area (Å²) >= 11 is 1.60. The Morgan fingerprint density at radius 3 is 3.06 bits per heavy atom. The van der Waals surface area contributed by atoms with E-state index in [0.717, 1.165) is 20.3 Å². The standard InChI is InChI=1S/C12H5N2S.Ir/c13-7-8-3-1-4-9-11-10(15-12(8)9)5-2-6-14-11;/h1-3,5-6H;/q-1;. The molecular weight excluding hydrogens is 396 g/mol. The number of pyridine rings is 1. The van der Waals surface area contributed by atoms with Crippen LogP contribution in [0.25, 0.3) is 20.3 Å². The zero-order valence-corrected chi connectivity index (χ0v) is 11.2. The molecule has 0 bridgehead atoms. The average molecular weight is 401 g/mol. The molecule has 16 heavy (non-hydrogen) atoms. The fourth-order valence-electron chi connectivity index (χ4n) is 1.62. The van der Waals surface area contributed by atoms with Gasteiger partial charge < -0.3 is 4.98 Å². The van der Waals surface area contributed by atoms with Gasteiger partial charge in [-0.2, -0.15) is 16.6 Å². The van der Waals surface area contributed by atoms with Crippen molar-refractivity contribution >= 4 is 31.6 Å². The molecule has 2 heterocycles. The quantitative estimate of drug-likeness (QED) is 0.543. The first kappa shape index (κ1) is 11.2. The van der Waals surface area contributed by atoms with Gasteiger partial charge in [-0.1, -0.05) is 6.07 Å². The predicted molar refractivity (Wildman–Crippen MR) is 60.7 cm³/mol. The van der Waals surface area contributed by atoms with E-state index in [0.29, 0.717) is 5.56 Å². The van der Waals surface area contributed by atoms with Gasteiger partial charge in [-0.3, -0.25) is 0 Å². The second-order valence-corrected chi connectivity index (χ2v) is 4.21. The Bertz CT molecular complexity index is 697. The number of aromatic nitrogens is 1. The average Bonchev–Trinajstić information content (AvgIpc) is 2.67. The number of nitriles is 1. The minimum absolute atomic E-state index is 0. The van der Waals surface area contributed by atoms with E-state index in [-0.39, 0.29) is 20.1 Å². The normalized spacial score (nSPS) is 9.94. The monoisotopic (exact) mass is 402 g/mol. The molecular formula is C12H5IrN2S-. The van der Waals surface area contributed by atoms with Crippen molar-refractivity contribution in [3.8, 4) is 6.07 Å². The summed E-state index contributed by atoms with van der Waals surface area (Å²) in [4.78, 5) is 4.31. The van der Waals surface area contributed by atoms with E-state index in [1.807, 2.05) is 12.1 Å². The molecule has 2 aromatic heterocycles. The van der Waals surface area contributed by atoms with Crippen molar-refractivity contribution in [2.75, 3.05) is 0 Å². The molecule has 0 atom stereocenters. The number of hydrogen-bond acceptors (Lipinski definition) is 3. The number of nitrogens with zero attached hydrogens (tertiary/aromatic N) is 2. The molecule has 2 nitrogen and oxygen atoms in total. The molecule has 1 radical (unpaired) electrons. The molecule has 0 saturated heterocycles. The van der Waals surface area contributed by atoms with Crippen LogP contribution in [0, 0.1) is 17.4 Å². The molecule has 0 unspecified atom stereocenters. The van der Waals surface area contributed by atoms with Crippen molar-refractivity contribution < 1.29 is 20.1 Å². The number of benzene rings is 1. The molecule has 0 amide bonds. The molecule has 0 aliphatic heterocycles. The van der Waals surface area contributed by atoms with Gasteiger partial charge in [0, 0.05) is 36.5 Å². The van der Waals surface area contributed by atoms with Gasteiger partial charge in [-0.25, -0.2) is 0 Å². The molecule has 0 aliphatic carbocycles. The summed E-state index contributed by atoms with van der Waals surface area (Å²) in [6.45, 7) is 0. The molecule has 0 N–H and O–H groups in total. The molecule has 0 fully saturated rings. The summed E-state index contributed by atoms with van der Waals surface area (Å²) in [5.41, 5.74) is 1.64. The Hall–Kier alpha value is -1.27. The van der Waals surface area contributed by atoms with Crippen LogP contribution in [-0.4, -0.2) is 4.98 Å². The first-order valence-electron chi connectivity index (χ1n) is 4.48. The Morgan fingerprint density at radius 2 is 2.25 bits per heavy atom. The Morgan fingerprint density at radius 1 is 1.38 bits per heavy atom. The van der Waals surface area contributed by atoms with Crippen LogP contribution in [-0.2, 0) is 20.1 Å². The topological polar surface area (TPSA) is 36.7 Å². The van der Waals surface area contributed by atoms with E-state index in [9.17, 15) is 0 Å². The van der Waals surface area contributed by atoms with Crippen LogP contribution in [0.5, 0.6) is 0 Å². The van der Waals surface area contributed by atoms with Gasteiger partial charge in [0.05, 0.1) is 6.07 Å². The molecule has 3 aromatic rings. The first-order chi connectivity index (χ1) is 7.40. The number of hydrogen-bond donors (Lipinski definition) is 0. The Kier molecular flexibility index (Phi) is 3.02. The third-order valence-electron chi connectivity index (χ3n) is 2.29. The zero-order chi connectivity index (χ0) is 10.3. The number of rotatable bonds is 0. The molecule has 4 heteroatoms. The summed E-state index contributed by atoms with van der Waals surface area (Å²) in [6.07, 6.45) is 1.77. The molecule has 3 rings (SSSR count). The van der Waals surface area contributed by atoms with Crippen LogP contribution in [0.3, 0.4) is 0 Å². The van der Waals surface area contributed by atoms with Crippen molar-refractivity contribution in [1.29, 1.82) is 5.26 Å². The summed E-state index contributed by atoms with van der Waals surface area (Å²) < 4.78 is 2.08. The van der Waals surface area contributed by atoms with Crippen molar-refractivity contribution in [1.82, 2.24) is 4.98 Å². The maximum atomic E-state index is 8.98. The van der Waals surface area contributed by atoms with Crippen molar-refractivity contribution in [3.05, 3.63) is 42.1 Å². The molecule has 0 aliphatic rings. The third-order valence-corrected chi connectivity index (χ3v) is 3.47. The van der Waals surface area contributed by atoms with Crippen molar-refractivity contribution in [2.24, 2.45) is 0 Å². The summed E-state index contributed by atoms with van der Waals surface area (Å²) in [5.74, 6) is 0. The maximum absolute atomic E-state index is 8.98. The van der Waals surface area contributed by atoms with Crippen molar-refractivity contribution in [3.63, 3.8) is 0 Å². The van der Waals surface area contributed by atoms with Crippen LogP contribution in [0.1, 0.15) is 5.56 Å². The van der Waals surface area contributed by atoms with Gasteiger partial charge in [0.25, 0.3) is 0 Å². The van der Waals surface area contributed by atoms with E-state index in [1.54, 1.807) is 29.7 Å². The Labute approximate surface area is 110 Å². The van der Waals surface area contributed by atoms with Gasteiger partial charge in [-0.05, 0) is 16.3 Å². The van der Waals surface area contributed by atoms with Gasteiger partial charge in [0.15, 0.2) is 0 Å². The summed E-state index contributed by atoms with van der Waals surface area (Å²) in [7, 11) is 0. The van der Waals surface area contributed by atoms with E-state index < -0.39 is 0 Å². The first-order valence-corrected chi connectivity index (χ1v) is 5.30. The molecule has 0 saturated carbocycles. The van der Waals surface area contributed by atoms with E-state index in [1.165, 1.54) is 0 Å². The Balaban J connectivity index is 0.000000963. The second kappa shape index (κ2) is 4.31. The van der Waals surface area contributed by atoms with Crippen LogP contribution in [0.4, 0.5) is 0 Å². The summed E-state index contributed by atoms with van der Waals surface area (Å²) in [6, 6.07) is 12.8. The number of fused-ring (bicyclic) bond motifs is 3. The van der Waals surface area contributed by atoms with Gasteiger partial charge in [0.2, 0.25) is 0 Å². The second-order valence-electron chi connectivity index (χ2n) is 3.16. The molecule has 1 aromatic carbocycles. The smallest absolute Gasteiger partial charge is 0.0803 e. The summed E-state index contributed by atoms with van der Waals surface area (Å²) in [5, 5.41) is 9.94. The van der Waals surface area contributed by atoms with Crippen LogP contribution >= 0.6 is 11.3 Å². The predicted octanol–water partition coefficient (Wildman–Crippen LogP) is 3.12. The van der Waals surface area contributed by atoms with Gasteiger partial charge >= 0.3 is 0 Å². The fraction of sp³-hybridized carbons (Fsp3) is 0. The maximum Gasteiger partial charge on any atom is 0.0803 e. The van der Waals surface area contributed by atoms with Crippen LogP contribution in [0.2, 0.25) is 0 Å². The largest absolute Gasteiger partial charge is 0.303 e. The van der Waals surface area contributed by atoms with E-state index in [2.05, 4.69) is 17.1 Å². The number of thiophene rings is 1. The molecule has 79 valence electrons. The van der Waals surface area contributed by atoms with Gasteiger partial charge in [0.1, 0.15) is 0 Å².